The van der Waals surface area contributed by atoms with E-state index in [0.717, 1.165) is 19.8 Å². The zero-order chi connectivity index (χ0) is 12.5. The lowest BCUT2D eigenvalue weighted by Gasteiger charge is -2.32. The minimum absolute atomic E-state index is 0.829. The summed E-state index contributed by atoms with van der Waals surface area (Å²) in [4.78, 5) is 7.35. The fraction of sp³-hybridized carbons (Fsp3) is 1.00. The Hall–Kier alpha value is -0.160. The van der Waals surface area contributed by atoms with E-state index in [-0.39, 0.29) is 0 Å². The second-order valence-electron chi connectivity index (χ2n) is 5.00. The number of rotatable bonds is 8. The van der Waals surface area contributed by atoms with E-state index in [4.69, 9.17) is 4.74 Å². The van der Waals surface area contributed by atoms with Gasteiger partial charge in [-0.05, 0) is 40.5 Å². The zero-order valence-corrected chi connectivity index (χ0v) is 11.8. The van der Waals surface area contributed by atoms with E-state index in [9.17, 15) is 0 Å². The quantitative estimate of drug-likeness (QED) is 0.581. The summed E-state index contributed by atoms with van der Waals surface area (Å²) in [5, 5.41) is 0. The Bertz CT molecular complexity index is 182. The van der Waals surface area contributed by atoms with Gasteiger partial charge in [0.05, 0.1) is 6.61 Å². The Morgan fingerprint density at radius 2 is 1.82 bits per heavy atom. The highest BCUT2D eigenvalue weighted by Crippen LogP contribution is 2.00. The summed E-state index contributed by atoms with van der Waals surface area (Å²) < 4.78 is 5.35. The number of hydrogen-bond acceptors (Lipinski definition) is 4. The van der Waals surface area contributed by atoms with Crippen LogP contribution in [0.4, 0.5) is 0 Å². The molecule has 4 nitrogen and oxygen atoms in total. The van der Waals surface area contributed by atoms with E-state index in [1.807, 2.05) is 6.92 Å². The first-order valence-electron chi connectivity index (χ1n) is 6.89. The lowest BCUT2D eigenvalue weighted by molar-refractivity contribution is 0.116. The zero-order valence-electron chi connectivity index (χ0n) is 11.8. The molecule has 0 saturated carbocycles. The van der Waals surface area contributed by atoms with Crippen molar-refractivity contribution in [2.75, 3.05) is 73.1 Å². The van der Waals surface area contributed by atoms with Crippen molar-refractivity contribution in [3.05, 3.63) is 0 Å². The second-order valence-corrected chi connectivity index (χ2v) is 5.00. The van der Waals surface area contributed by atoms with E-state index in [0.29, 0.717) is 0 Å². The molecule has 1 saturated heterocycles. The van der Waals surface area contributed by atoms with Crippen LogP contribution in [0, 0.1) is 0 Å². The van der Waals surface area contributed by atoms with Crippen molar-refractivity contribution in [2.24, 2.45) is 0 Å². The van der Waals surface area contributed by atoms with Crippen molar-refractivity contribution < 1.29 is 4.74 Å². The molecule has 0 aromatic rings. The Morgan fingerprint density at radius 1 is 1.12 bits per heavy atom. The maximum Gasteiger partial charge on any atom is 0.0593 e. The SMILES string of the molecule is CCOCCN(C)CCCN1CCN(C)CC1. The Balaban J connectivity index is 1.95. The number of ether oxygens (including phenoxy) is 1. The maximum absolute atomic E-state index is 5.35. The van der Waals surface area contributed by atoms with Crippen LogP contribution in [-0.2, 0) is 4.74 Å². The van der Waals surface area contributed by atoms with Gasteiger partial charge in [-0.25, -0.2) is 0 Å². The predicted octanol–water partition coefficient (Wildman–Crippen LogP) is 0.592. The highest BCUT2D eigenvalue weighted by Gasteiger charge is 2.12. The van der Waals surface area contributed by atoms with Gasteiger partial charge in [-0.3, -0.25) is 0 Å². The molecular formula is C13H29N3O. The van der Waals surface area contributed by atoms with Crippen molar-refractivity contribution in [1.82, 2.24) is 14.7 Å². The highest BCUT2D eigenvalue weighted by atomic mass is 16.5. The Kier molecular flexibility index (Phi) is 7.77. The molecule has 0 amide bonds. The molecule has 0 aliphatic carbocycles. The van der Waals surface area contributed by atoms with Crippen LogP contribution in [0.15, 0.2) is 0 Å². The van der Waals surface area contributed by atoms with Gasteiger partial charge in [-0.15, -0.1) is 0 Å². The van der Waals surface area contributed by atoms with E-state index in [1.54, 1.807) is 0 Å². The van der Waals surface area contributed by atoms with Gasteiger partial charge in [0.1, 0.15) is 0 Å². The maximum atomic E-state index is 5.35. The lowest BCUT2D eigenvalue weighted by atomic mass is 10.3. The minimum atomic E-state index is 0.829. The van der Waals surface area contributed by atoms with Crippen LogP contribution in [0.2, 0.25) is 0 Å². The summed E-state index contributed by atoms with van der Waals surface area (Å²) in [6.07, 6.45) is 1.27. The Morgan fingerprint density at radius 3 is 2.47 bits per heavy atom. The second kappa shape index (κ2) is 8.86. The van der Waals surface area contributed by atoms with Gasteiger partial charge >= 0.3 is 0 Å². The molecule has 0 bridgehead atoms. The van der Waals surface area contributed by atoms with Crippen molar-refractivity contribution in [3.8, 4) is 0 Å². The van der Waals surface area contributed by atoms with E-state index < -0.39 is 0 Å². The fourth-order valence-electron chi connectivity index (χ4n) is 2.11. The number of nitrogens with zero attached hydrogens (tertiary/aromatic N) is 3. The van der Waals surface area contributed by atoms with Gasteiger partial charge in [0.25, 0.3) is 0 Å². The predicted molar refractivity (Wildman–Crippen MR) is 72.5 cm³/mol. The molecule has 1 aliphatic rings. The molecule has 1 fully saturated rings. The first-order valence-corrected chi connectivity index (χ1v) is 6.89. The number of piperazine rings is 1. The molecular weight excluding hydrogens is 214 g/mol. The molecule has 4 heteroatoms. The normalized spacial score (nSPS) is 19.1. The summed E-state index contributed by atoms with van der Waals surface area (Å²) in [7, 11) is 4.39. The molecule has 0 aromatic heterocycles. The molecule has 0 radical (unpaired) electrons. The molecule has 17 heavy (non-hydrogen) atoms. The van der Waals surface area contributed by atoms with Crippen LogP contribution in [0.25, 0.3) is 0 Å². The van der Waals surface area contributed by atoms with E-state index >= 15 is 0 Å². The van der Waals surface area contributed by atoms with E-state index in [2.05, 4.69) is 28.8 Å². The van der Waals surface area contributed by atoms with Gasteiger partial charge < -0.3 is 19.4 Å². The van der Waals surface area contributed by atoms with Crippen LogP contribution < -0.4 is 0 Å². The van der Waals surface area contributed by atoms with Gasteiger partial charge in [0.15, 0.2) is 0 Å². The number of likely N-dealkylation sites (N-methyl/N-ethyl adjacent to an activating group) is 2. The third-order valence-electron chi connectivity index (χ3n) is 3.43. The van der Waals surface area contributed by atoms with Crippen molar-refractivity contribution in [3.63, 3.8) is 0 Å². The van der Waals surface area contributed by atoms with E-state index in [1.165, 1.54) is 45.7 Å². The fourth-order valence-corrected chi connectivity index (χ4v) is 2.11. The lowest BCUT2D eigenvalue weighted by Crippen LogP contribution is -2.45. The summed E-state index contributed by atoms with van der Waals surface area (Å²) >= 11 is 0. The summed E-state index contributed by atoms with van der Waals surface area (Å²) in [5.74, 6) is 0. The molecule has 0 aromatic carbocycles. The van der Waals surface area contributed by atoms with Crippen LogP contribution >= 0.6 is 0 Å². The van der Waals surface area contributed by atoms with Gasteiger partial charge in [0, 0.05) is 39.3 Å². The summed E-state index contributed by atoms with van der Waals surface area (Å²) in [5.41, 5.74) is 0. The summed E-state index contributed by atoms with van der Waals surface area (Å²) in [6.45, 7) is 12.1. The topological polar surface area (TPSA) is 19.0 Å². The van der Waals surface area contributed by atoms with Crippen molar-refractivity contribution >= 4 is 0 Å². The Labute approximate surface area is 107 Å². The smallest absolute Gasteiger partial charge is 0.0593 e. The standard InChI is InChI=1S/C13H29N3O/c1-4-17-13-12-14(2)6-5-7-16-10-8-15(3)9-11-16/h4-13H2,1-3H3. The average molecular weight is 243 g/mol. The average Bonchev–Trinajstić information content (AvgIpc) is 2.32. The molecule has 0 atom stereocenters. The number of hydrogen-bond donors (Lipinski definition) is 0. The largest absolute Gasteiger partial charge is 0.380 e. The van der Waals surface area contributed by atoms with Gasteiger partial charge in [-0.1, -0.05) is 0 Å². The van der Waals surface area contributed by atoms with Gasteiger partial charge in [-0.2, -0.15) is 0 Å². The van der Waals surface area contributed by atoms with Crippen LogP contribution in [-0.4, -0.2) is 87.8 Å². The first kappa shape index (κ1) is 14.9. The molecule has 102 valence electrons. The van der Waals surface area contributed by atoms with Crippen LogP contribution in [0.1, 0.15) is 13.3 Å². The summed E-state index contributed by atoms with van der Waals surface area (Å²) in [6, 6.07) is 0. The molecule has 0 unspecified atom stereocenters. The van der Waals surface area contributed by atoms with Crippen molar-refractivity contribution in [1.29, 1.82) is 0 Å². The first-order chi connectivity index (χ1) is 8.22. The molecule has 1 aliphatic heterocycles. The van der Waals surface area contributed by atoms with Gasteiger partial charge in [0.2, 0.25) is 0 Å². The van der Waals surface area contributed by atoms with Crippen LogP contribution in [0.3, 0.4) is 0 Å². The monoisotopic (exact) mass is 243 g/mol. The molecule has 1 rings (SSSR count). The third kappa shape index (κ3) is 6.99. The third-order valence-corrected chi connectivity index (χ3v) is 3.43. The molecule has 0 spiro atoms. The van der Waals surface area contributed by atoms with Crippen molar-refractivity contribution in [2.45, 2.75) is 13.3 Å². The van der Waals surface area contributed by atoms with Crippen LogP contribution in [0.5, 0.6) is 0 Å². The minimum Gasteiger partial charge on any atom is -0.380 e. The molecule has 0 N–H and O–H groups in total. The molecule has 1 heterocycles. The highest BCUT2D eigenvalue weighted by molar-refractivity contribution is 4.69.